The molecule has 9 heteroatoms. The maximum absolute atomic E-state index is 12.3. The summed E-state index contributed by atoms with van der Waals surface area (Å²) in [7, 11) is 0. The van der Waals surface area contributed by atoms with Crippen molar-refractivity contribution in [2.24, 2.45) is 5.73 Å². The van der Waals surface area contributed by atoms with E-state index in [9.17, 15) is 14.4 Å². The first-order valence-corrected chi connectivity index (χ1v) is 8.94. The Bertz CT molecular complexity index is 1010. The molecule has 1 heterocycles. The Balaban J connectivity index is 1.63. The number of carbonyl (C=O) groups excluding carboxylic acids is 3. The number of aromatic nitrogens is 4. The average molecular weight is 392 g/mol. The number of benzene rings is 2. The van der Waals surface area contributed by atoms with Gasteiger partial charge in [-0.1, -0.05) is 42.5 Å². The molecule has 0 spiro atoms. The summed E-state index contributed by atoms with van der Waals surface area (Å²) in [6, 6.07) is 15.2. The highest BCUT2D eigenvalue weighted by molar-refractivity contribution is 5.93. The van der Waals surface area contributed by atoms with Crippen molar-refractivity contribution in [2.75, 3.05) is 0 Å². The summed E-state index contributed by atoms with van der Waals surface area (Å²) in [5.41, 5.74) is 7.17. The molecule has 0 aliphatic rings. The highest BCUT2D eigenvalue weighted by Gasteiger charge is 2.18. The molecule has 1 aromatic heterocycles. The lowest BCUT2D eigenvalue weighted by molar-refractivity contribution is -0.127. The van der Waals surface area contributed by atoms with E-state index in [1.54, 1.807) is 24.3 Å². The maximum atomic E-state index is 12.3. The van der Waals surface area contributed by atoms with E-state index >= 15 is 0 Å². The Kier molecular flexibility index (Phi) is 6.08. The molecular weight excluding hydrogens is 372 g/mol. The number of nitrogens with one attached hydrogen (secondary N) is 1. The first-order chi connectivity index (χ1) is 13.9. The number of hydrogen-bond donors (Lipinski definition) is 2. The predicted octanol–water partition coefficient (Wildman–Crippen LogP) is 0.755. The van der Waals surface area contributed by atoms with Gasteiger partial charge in [-0.25, -0.2) is 0 Å². The molecule has 0 aliphatic heterocycles. The maximum Gasteiger partial charge on any atom is 0.248 e. The largest absolute Gasteiger partial charge is 0.366 e. The minimum Gasteiger partial charge on any atom is -0.366 e. The zero-order chi connectivity index (χ0) is 20.8. The van der Waals surface area contributed by atoms with Crippen LogP contribution in [0.1, 0.15) is 22.8 Å². The Hall–Kier alpha value is -3.88. The lowest BCUT2D eigenvalue weighted by Crippen LogP contribution is -2.43. The van der Waals surface area contributed by atoms with Crippen LogP contribution in [0.4, 0.5) is 0 Å². The number of carbonyl (C=O) groups is 3. The Morgan fingerprint density at radius 2 is 1.76 bits per heavy atom. The smallest absolute Gasteiger partial charge is 0.248 e. The third kappa shape index (κ3) is 5.32. The highest BCUT2D eigenvalue weighted by atomic mass is 16.2. The Morgan fingerprint density at radius 1 is 1.07 bits per heavy atom. The van der Waals surface area contributed by atoms with Crippen LogP contribution in [-0.4, -0.2) is 43.8 Å². The SMILES string of the molecule is CC(=O)[C@@H](Cc1ccccc1)NC(=O)Cn1nnc(-c2ccc(C(N)=O)cc2)n1. The van der Waals surface area contributed by atoms with Gasteiger partial charge in [0.15, 0.2) is 5.78 Å². The number of nitrogens with two attached hydrogens (primary N) is 1. The van der Waals surface area contributed by atoms with Crippen molar-refractivity contribution in [2.45, 2.75) is 25.9 Å². The van der Waals surface area contributed by atoms with Crippen molar-refractivity contribution in [1.29, 1.82) is 0 Å². The van der Waals surface area contributed by atoms with Crippen molar-refractivity contribution >= 4 is 17.6 Å². The van der Waals surface area contributed by atoms with Crippen molar-refractivity contribution in [3.05, 3.63) is 65.7 Å². The van der Waals surface area contributed by atoms with Crippen LogP contribution < -0.4 is 11.1 Å². The van der Waals surface area contributed by atoms with Crippen LogP contribution in [0.5, 0.6) is 0 Å². The molecule has 3 aromatic rings. The van der Waals surface area contributed by atoms with E-state index in [4.69, 9.17) is 5.73 Å². The summed E-state index contributed by atoms with van der Waals surface area (Å²) >= 11 is 0. The predicted molar refractivity (Wildman–Crippen MR) is 105 cm³/mol. The number of Topliss-reactive ketones (excluding diaryl/α,β-unsaturated/α-hetero) is 1. The fraction of sp³-hybridized carbons (Fsp3) is 0.200. The van der Waals surface area contributed by atoms with Crippen LogP contribution >= 0.6 is 0 Å². The van der Waals surface area contributed by atoms with Gasteiger partial charge in [-0.15, -0.1) is 10.2 Å². The van der Waals surface area contributed by atoms with Crippen molar-refractivity contribution in [3.63, 3.8) is 0 Å². The van der Waals surface area contributed by atoms with E-state index in [1.165, 1.54) is 6.92 Å². The van der Waals surface area contributed by atoms with Gasteiger partial charge in [-0.2, -0.15) is 4.80 Å². The monoisotopic (exact) mass is 392 g/mol. The fourth-order valence-electron chi connectivity index (χ4n) is 2.72. The summed E-state index contributed by atoms with van der Waals surface area (Å²) in [4.78, 5) is 36.5. The number of amides is 2. The normalized spacial score (nSPS) is 11.6. The number of primary amides is 1. The first-order valence-electron chi connectivity index (χ1n) is 8.94. The standard InChI is InChI=1S/C20H20N6O3/c1-13(27)17(11-14-5-3-2-4-6-14)22-18(28)12-26-24-20(23-25-26)16-9-7-15(8-10-16)19(21)29/h2-10,17H,11-12H2,1H3,(H2,21,29)(H,22,28)/t17-/m1/s1. The Labute approximate surface area is 166 Å². The second kappa shape index (κ2) is 8.87. The van der Waals surface area contributed by atoms with Gasteiger partial charge >= 0.3 is 0 Å². The van der Waals surface area contributed by atoms with Gasteiger partial charge in [-0.05, 0) is 36.3 Å². The molecule has 3 N–H and O–H groups in total. The van der Waals surface area contributed by atoms with Crippen LogP contribution in [0.3, 0.4) is 0 Å². The van der Waals surface area contributed by atoms with Crippen LogP contribution in [0, 0.1) is 0 Å². The van der Waals surface area contributed by atoms with E-state index < -0.39 is 17.9 Å². The molecule has 3 rings (SSSR count). The molecule has 2 aromatic carbocycles. The molecule has 0 unspecified atom stereocenters. The zero-order valence-electron chi connectivity index (χ0n) is 15.8. The van der Waals surface area contributed by atoms with Crippen molar-refractivity contribution in [3.8, 4) is 11.4 Å². The molecular formula is C20H20N6O3. The van der Waals surface area contributed by atoms with Gasteiger partial charge in [0.05, 0.1) is 6.04 Å². The number of rotatable bonds is 8. The molecule has 0 saturated heterocycles. The second-order valence-electron chi connectivity index (χ2n) is 6.51. The summed E-state index contributed by atoms with van der Waals surface area (Å²) in [5, 5.41) is 14.7. The van der Waals surface area contributed by atoms with Crippen LogP contribution in [0.2, 0.25) is 0 Å². The first kappa shape index (κ1) is 19.9. The lowest BCUT2D eigenvalue weighted by Gasteiger charge is -2.15. The summed E-state index contributed by atoms with van der Waals surface area (Å²) in [6.07, 6.45) is 0.407. The fourth-order valence-corrected chi connectivity index (χ4v) is 2.72. The third-order valence-electron chi connectivity index (χ3n) is 4.27. The molecule has 2 amide bonds. The number of tetrazole rings is 1. The van der Waals surface area contributed by atoms with Crippen LogP contribution in [0.25, 0.3) is 11.4 Å². The molecule has 0 radical (unpaired) electrons. The van der Waals surface area contributed by atoms with E-state index in [0.717, 1.165) is 10.4 Å². The molecule has 29 heavy (non-hydrogen) atoms. The van der Waals surface area contributed by atoms with Crippen molar-refractivity contribution < 1.29 is 14.4 Å². The number of nitrogens with zero attached hydrogens (tertiary/aromatic N) is 4. The molecule has 0 fully saturated rings. The van der Waals surface area contributed by atoms with Gasteiger partial charge < -0.3 is 11.1 Å². The van der Waals surface area contributed by atoms with Crippen molar-refractivity contribution in [1.82, 2.24) is 25.5 Å². The van der Waals surface area contributed by atoms with Crippen LogP contribution in [-0.2, 0) is 22.6 Å². The third-order valence-corrected chi connectivity index (χ3v) is 4.27. The van der Waals surface area contributed by atoms with Gasteiger partial charge in [0.2, 0.25) is 17.6 Å². The molecule has 148 valence electrons. The van der Waals surface area contributed by atoms with E-state index in [2.05, 4.69) is 20.7 Å². The topological polar surface area (TPSA) is 133 Å². The minimum atomic E-state index is -0.630. The molecule has 0 bridgehead atoms. The van der Waals surface area contributed by atoms with E-state index in [0.29, 0.717) is 23.4 Å². The molecule has 1 atom stereocenters. The average Bonchev–Trinajstić information content (AvgIpc) is 3.16. The molecule has 0 aliphatic carbocycles. The van der Waals surface area contributed by atoms with E-state index in [1.807, 2.05) is 30.3 Å². The second-order valence-corrected chi connectivity index (χ2v) is 6.51. The van der Waals surface area contributed by atoms with Gasteiger partial charge in [-0.3, -0.25) is 14.4 Å². The number of hydrogen-bond acceptors (Lipinski definition) is 6. The molecule has 0 saturated carbocycles. The number of ketones is 1. The minimum absolute atomic E-state index is 0.135. The van der Waals surface area contributed by atoms with Gasteiger partial charge in [0.25, 0.3) is 0 Å². The quantitative estimate of drug-likeness (QED) is 0.581. The highest BCUT2D eigenvalue weighted by Crippen LogP contribution is 2.14. The molecule has 9 nitrogen and oxygen atoms in total. The lowest BCUT2D eigenvalue weighted by atomic mass is 10.0. The summed E-state index contributed by atoms with van der Waals surface area (Å²) < 4.78 is 0. The van der Waals surface area contributed by atoms with E-state index in [-0.39, 0.29) is 12.3 Å². The summed E-state index contributed by atoms with van der Waals surface area (Å²) in [6.45, 7) is 1.26. The Morgan fingerprint density at radius 3 is 2.38 bits per heavy atom. The summed E-state index contributed by atoms with van der Waals surface area (Å²) in [5.74, 6) is -0.750. The van der Waals surface area contributed by atoms with Gasteiger partial charge in [0.1, 0.15) is 6.54 Å². The zero-order valence-corrected chi connectivity index (χ0v) is 15.8. The van der Waals surface area contributed by atoms with Gasteiger partial charge in [0, 0.05) is 11.1 Å². The van der Waals surface area contributed by atoms with Crippen LogP contribution in [0.15, 0.2) is 54.6 Å².